The van der Waals surface area contributed by atoms with E-state index in [4.69, 9.17) is 19.9 Å². The number of para-hydroxylation sites is 1. The third-order valence-corrected chi connectivity index (χ3v) is 4.86. The largest absolute Gasteiger partial charge is 0.493 e. The topological polar surface area (TPSA) is 53.7 Å². The van der Waals surface area contributed by atoms with Crippen molar-refractivity contribution < 1.29 is 14.2 Å². The molecule has 0 spiro atoms. The molecule has 1 heterocycles. The SMILES string of the molecule is COc1cccc(C2(CN)CCCCC2)c1OC1COC1. The zero-order valence-electron chi connectivity index (χ0n) is 12.8. The molecule has 3 rings (SSSR count). The van der Waals surface area contributed by atoms with E-state index >= 15 is 0 Å². The molecule has 0 amide bonds. The van der Waals surface area contributed by atoms with Gasteiger partial charge in [0.25, 0.3) is 0 Å². The third kappa shape index (κ3) is 2.74. The fourth-order valence-electron chi connectivity index (χ4n) is 3.48. The lowest BCUT2D eigenvalue weighted by atomic mass is 9.69. The third-order valence-electron chi connectivity index (χ3n) is 4.86. The maximum Gasteiger partial charge on any atom is 0.165 e. The van der Waals surface area contributed by atoms with Crippen LogP contribution >= 0.6 is 0 Å². The highest BCUT2D eigenvalue weighted by Crippen LogP contribution is 2.46. The van der Waals surface area contributed by atoms with Crippen molar-refractivity contribution in [2.75, 3.05) is 26.9 Å². The van der Waals surface area contributed by atoms with Crippen LogP contribution in [0.25, 0.3) is 0 Å². The lowest BCUT2D eigenvalue weighted by molar-refractivity contribution is -0.0810. The normalized spacial score (nSPS) is 21.6. The first-order valence-corrected chi connectivity index (χ1v) is 7.91. The summed E-state index contributed by atoms with van der Waals surface area (Å²) >= 11 is 0. The Labute approximate surface area is 126 Å². The predicted molar refractivity (Wildman–Crippen MR) is 82.0 cm³/mol. The van der Waals surface area contributed by atoms with Crippen LogP contribution in [-0.4, -0.2) is 33.0 Å². The summed E-state index contributed by atoms with van der Waals surface area (Å²) in [4.78, 5) is 0. The average molecular weight is 291 g/mol. The van der Waals surface area contributed by atoms with Crippen molar-refractivity contribution in [3.63, 3.8) is 0 Å². The smallest absolute Gasteiger partial charge is 0.165 e. The van der Waals surface area contributed by atoms with Crippen molar-refractivity contribution in [1.82, 2.24) is 0 Å². The van der Waals surface area contributed by atoms with E-state index in [-0.39, 0.29) is 11.5 Å². The van der Waals surface area contributed by atoms with E-state index in [0.717, 1.165) is 24.3 Å². The maximum atomic E-state index is 6.19. The van der Waals surface area contributed by atoms with Gasteiger partial charge < -0.3 is 19.9 Å². The summed E-state index contributed by atoms with van der Waals surface area (Å²) in [5.41, 5.74) is 7.44. The van der Waals surface area contributed by atoms with Crippen molar-refractivity contribution in [2.45, 2.75) is 43.6 Å². The molecule has 21 heavy (non-hydrogen) atoms. The van der Waals surface area contributed by atoms with Crippen LogP contribution in [0, 0.1) is 0 Å². The fourth-order valence-corrected chi connectivity index (χ4v) is 3.48. The molecule has 0 atom stereocenters. The Bertz CT molecular complexity index is 479. The van der Waals surface area contributed by atoms with Crippen LogP contribution < -0.4 is 15.2 Å². The summed E-state index contributed by atoms with van der Waals surface area (Å²) in [6, 6.07) is 6.17. The zero-order valence-corrected chi connectivity index (χ0v) is 12.8. The van der Waals surface area contributed by atoms with Crippen molar-refractivity contribution in [2.24, 2.45) is 5.73 Å². The van der Waals surface area contributed by atoms with Gasteiger partial charge in [0.15, 0.2) is 11.5 Å². The molecule has 1 aromatic rings. The van der Waals surface area contributed by atoms with Gasteiger partial charge in [0.05, 0.1) is 20.3 Å². The van der Waals surface area contributed by atoms with Crippen molar-refractivity contribution in [3.05, 3.63) is 23.8 Å². The summed E-state index contributed by atoms with van der Waals surface area (Å²) in [6.07, 6.45) is 6.18. The second-order valence-electron chi connectivity index (χ2n) is 6.16. The fraction of sp³-hybridized carbons (Fsp3) is 0.647. The summed E-state index contributed by atoms with van der Waals surface area (Å²) in [7, 11) is 1.69. The Hall–Kier alpha value is -1.26. The number of rotatable bonds is 5. The molecule has 0 radical (unpaired) electrons. The van der Waals surface area contributed by atoms with Crippen LogP contribution in [0.2, 0.25) is 0 Å². The molecule has 0 aromatic heterocycles. The Kier molecular flexibility index (Phi) is 4.36. The van der Waals surface area contributed by atoms with Gasteiger partial charge in [0.2, 0.25) is 0 Å². The second-order valence-corrected chi connectivity index (χ2v) is 6.16. The molecule has 116 valence electrons. The summed E-state index contributed by atoms with van der Waals surface area (Å²) < 4.78 is 16.9. The van der Waals surface area contributed by atoms with Gasteiger partial charge in [0.1, 0.15) is 6.10 Å². The van der Waals surface area contributed by atoms with Gasteiger partial charge in [0, 0.05) is 17.5 Å². The van der Waals surface area contributed by atoms with E-state index in [9.17, 15) is 0 Å². The molecule has 0 bridgehead atoms. The molecular formula is C17H25NO3. The molecule has 1 saturated heterocycles. The maximum absolute atomic E-state index is 6.19. The molecule has 1 saturated carbocycles. The minimum Gasteiger partial charge on any atom is -0.493 e. The number of hydrogen-bond donors (Lipinski definition) is 1. The van der Waals surface area contributed by atoms with Crippen molar-refractivity contribution >= 4 is 0 Å². The highest BCUT2D eigenvalue weighted by Gasteiger charge is 2.37. The standard InChI is InChI=1S/C17H25NO3/c1-19-15-7-5-6-14(16(15)21-13-10-20-11-13)17(12-18)8-3-2-4-9-17/h5-7,13H,2-4,8-12,18H2,1H3. The van der Waals surface area contributed by atoms with E-state index in [1.165, 1.54) is 24.8 Å². The molecule has 0 unspecified atom stereocenters. The number of benzene rings is 1. The van der Waals surface area contributed by atoms with Crippen LogP contribution in [0.5, 0.6) is 11.5 Å². The van der Waals surface area contributed by atoms with Gasteiger partial charge >= 0.3 is 0 Å². The zero-order chi connectivity index (χ0) is 14.7. The first kappa shape index (κ1) is 14.7. The lowest BCUT2D eigenvalue weighted by Crippen LogP contribution is -2.41. The van der Waals surface area contributed by atoms with Crippen LogP contribution in [-0.2, 0) is 10.2 Å². The monoisotopic (exact) mass is 291 g/mol. The molecular weight excluding hydrogens is 266 g/mol. The molecule has 4 nitrogen and oxygen atoms in total. The summed E-state index contributed by atoms with van der Waals surface area (Å²) in [5, 5.41) is 0. The molecule has 2 aliphatic rings. The van der Waals surface area contributed by atoms with Crippen LogP contribution in [0.15, 0.2) is 18.2 Å². The molecule has 1 aliphatic carbocycles. The highest BCUT2D eigenvalue weighted by atomic mass is 16.6. The van der Waals surface area contributed by atoms with Crippen LogP contribution in [0.1, 0.15) is 37.7 Å². The molecule has 2 N–H and O–H groups in total. The van der Waals surface area contributed by atoms with E-state index < -0.39 is 0 Å². The Morgan fingerprint density at radius 3 is 2.57 bits per heavy atom. The number of nitrogens with two attached hydrogens (primary N) is 1. The highest BCUT2D eigenvalue weighted by molar-refractivity contribution is 5.51. The lowest BCUT2D eigenvalue weighted by Gasteiger charge is -2.39. The Morgan fingerprint density at radius 2 is 2.00 bits per heavy atom. The summed E-state index contributed by atoms with van der Waals surface area (Å²) in [5.74, 6) is 1.68. The van der Waals surface area contributed by atoms with Gasteiger partial charge in [-0.3, -0.25) is 0 Å². The average Bonchev–Trinajstić information content (AvgIpc) is 2.51. The van der Waals surface area contributed by atoms with Gasteiger partial charge in [-0.25, -0.2) is 0 Å². The Balaban J connectivity index is 1.98. The molecule has 4 heteroatoms. The van der Waals surface area contributed by atoms with Crippen LogP contribution in [0.3, 0.4) is 0 Å². The molecule has 1 aromatic carbocycles. The quantitative estimate of drug-likeness (QED) is 0.906. The van der Waals surface area contributed by atoms with Crippen LogP contribution in [0.4, 0.5) is 0 Å². The Morgan fingerprint density at radius 1 is 1.24 bits per heavy atom. The van der Waals surface area contributed by atoms with E-state index in [2.05, 4.69) is 6.07 Å². The van der Waals surface area contributed by atoms with Gasteiger partial charge in [-0.2, -0.15) is 0 Å². The first-order valence-electron chi connectivity index (χ1n) is 7.91. The van der Waals surface area contributed by atoms with Crippen molar-refractivity contribution in [3.8, 4) is 11.5 Å². The number of methoxy groups -OCH3 is 1. The minimum absolute atomic E-state index is 0.0345. The molecule has 1 aliphatic heterocycles. The second kappa shape index (κ2) is 6.24. The number of hydrogen-bond acceptors (Lipinski definition) is 4. The van der Waals surface area contributed by atoms with E-state index in [1.807, 2.05) is 12.1 Å². The summed E-state index contributed by atoms with van der Waals surface area (Å²) in [6.45, 7) is 1.98. The first-order chi connectivity index (χ1) is 10.3. The van der Waals surface area contributed by atoms with E-state index in [1.54, 1.807) is 7.11 Å². The van der Waals surface area contributed by atoms with Gasteiger partial charge in [-0.15, -0.1) is 0 Å². The molecule has 2 fully saturated rings. The van der Waals surface area contributed by atoms with Gasteiger partial charge in [-0.1, -0.05) is 31.4 Å². The van der Waals surface area contributed by atoms with Crippen molar-refractivity contribution in [1.29, 1.82) is 0 Å². The minimum atomic E-state index is 0.0345. The van der Waals surface area contributed by atoms with Gasteiger partial charge in [-0.05, 0) is 18.9 Å². The number of ether oxygens (including phenoxy) is 3. The van der Waals surface area contributed by atoms with E-state index in [0.29, 0.717) is 19.8 Å². The predicted octanol–water partition coefficient (Wildman–Crippen LogP) is 2.63.